The lowest BCUT2D eigenvalue weighted by atomic mass is 9.85. The second kappa shape index (κ2) is 5.42. The molecule has 2 fully saturated rings. The van der Waals surface area contributed by atoms with Crippen LogP contribution in [0.15, 0.2) is 18.2 Å². The number of benzene rings is 1. The normalized spacial score (nSPS) is 24.7. The summed E-state index contributed by atoms with van der Waals surface area (Å²) in [5, 5.41) is 10.6. The molecule has 1 aliphatic heterocycles. The highest BCUT2D eigenvalue weighted by Gasteiger charge is 2.38. The fraction of sp³-hybridized carbons (Fsp3) is 0.533. The summed E-state index contributed by atoms with van der Waals surface area (Å²) in [7, 11) is 0. The molecule has 0 bridgehead atoms. The third-order valence-corrected chi connectivity index (χ3v) is 4.66. The van der Waals surface area contributed by atoms with Crippen molar-refractivity contribution in [2.24, 2.45) is 5.92 Å². The van der Waals surface area contributed by atoms with Gasteiger partial charge in [-0.05, 0) is 37.3 Å². The SMILES string of the molecule is O=C(c1ccc([N+](=O)[O-])c(F)c1)N1CCC2CCCCC21. The summed E-state index contributed by atoms with van der Waals surface area (Å²) in [6, 6.07) is 3.65. The van der Waals surface area contributed by atoms with E-state index in [-0.39, 0.29) is 17.5 Å². The molecule has 2 aliphatic rings. The maximum atomic E-state index is 13.7. The summed E-state index contributed by atoms with van der Waals surface area (Å²) >= 11 is 0. The van der Waals surface area contributed by atoms with E-state index in [2.05, 4.69) is 0 Å². The van der Waals surface area contributed by atoms with E-state index in [0.29, 0.717) is 12.5 Å². The molecular weight excluding hydrogens is 275 g/mol. The summed E-state index contributed by atoms with van der Waals surface area (Å²) in [4.78, 5) is 24.2. The van der Waals surface area contributed by atoms with Crippen molar-refractivity contribution >= 4 is 11.6 Å². The van der Waals surface area contributed by atoms with Gasteiger partial charge < -0.3 is 4.90 Å². The Morgan fingerprint density at radius 2 is 2.05 bits per heavy atom. The van der Waals surface area contributed by atoms with Crippen LogP contribution >= 0.6 is 0 Å². The molecule has 6 heteroatoms. The van der Waals surface area contributed by atoms with Gasteiger partial charge in [-0.3, -0.25) is 14.9 Å². The molecule has 21 heavy (non-hydrogen) atoms. The highest BCUT2D eigenvalue weighted by atomic mass is 19.1. The molecule has 0 spiro atoms. The average Bonchev–Trinajstić information content (AvgIpc) is 2.90. The van der Waals surface area contributed by atoms with Crippen molar-refractivity contribution in [3.05, 3.63) is 39.7 Å². The van der Waals surface area contributed by atoms with Gasteiger partial charge in [0, 0.05) is 24.2 Å². The molecule has 2 atom stereocenters. The molecule has 0 aromatic heterocycles. The third kappa shape index (κ3) is 2.50. The summed E-state index contributed by atoms with van der Waals surface area (Å²) in [6.45, 7) is 0.701. The number of likely N-dealkylation sites (tertiary alicyclic amines) is 1. The Hall–Kier alpha value is -1.98. The minimum Gasteiger partial charge on any atom is -0.335 e. The van der Waals surface area contributed by atoms with Gasteiger partial charge >= 0.3 is 5.69 Å². The van der Waals surface area contributed by atoms with E-state index in [9.17, 15) is 19.3 Å². The molecule has 112 valence electrons. The highest BCUT2D eigenvalue weighted by molar-refractivity contribution is 5.95. The first-order valence-corrected chi connectivity index (χ1v) is 7.33. The van der Waals surface area contributed by atoms with E-state index in [1.807, 2.05) is 4.90 Å². The van der Waals surface area contributed by atoms with Gasteiger partial charge in [-0.15, -0.1) is 0 Å². The van der Waals surface area contributed by atoms with Crippen molar-refractivity contribution in [1.82, 2.24) is 4.90 Å². The topological polar surface area (TPSA) is 63.4 Å². The molecule has 1 saturated carbocycles. The maximum absolute atomic E-state index is 13.7. The Morgan fingerprint density at radius 1 is 1.29 bits per heavy atom. The summed E-state index contributed by atoms with van der Waals surface area (Å²) < 4.78 is 13.7. The van der Waals surface area contributed by atoms with E-state index in [0.717, 1.165) is 37.8 Å². The number of carbonyl (C=O) groups is 1. The lowest BCUT2D eigenvalue weighted by molar-refractivity contribution is -0.387. The van der Waals surface area contributed by atoms with Crippen LogP contribution in [0, 0.1) is 21.8 Å². The molecular formula is C15H17FN2O3. The Morgan fingerprint density at radius 3 is 2.76 bits per heavy atom. The van der Waals surface area contributed by atoms with Crippen LogP contribution in [0.4, 0.5) is 10.1 Å². The van der Waals surface area contributed by atoms with Gasteiger partial charge in [0.05, 0.1) is 4.92 Å². The predicted molar refractivity (Wildman–Crippen MR) is 74.5 cm³/mol. The van der Waals surface area contributed by atoms with Crippen LogP contribution in [0.1, 0.15) is 42.5 Å². The molecule has 1 saturated heterocycles. The van der Waals surface area contributed by atoms with Crippen LogP contribution in [0.25, 0.3) is 0 Å². The number of amides is 1. The molecule has 5 nitrogen and oxygen atoms in total. The van der Waals surface area contributed by atoms with Crippen LogP contribution in [-0.2, 0) is 0 Å². The number of hydrogen-bond acceptors (Lipinski definition) is 3. The van der Waals surface area contributed by atoms with E-state index in [1.54, 1.807) is 0 Å². The van der Waals surface area contributed by atoms with Crippen molar-refractivity contribution in [3.63, 3.8) is 0 Å². The molecule has 1 aromatic rings. The number of nitro benzene ring substituents is 1. The Kier molecular flexibility index (Phi) is 3.61. The van der Waals surface area contributed by atoms with Crippen molar-refractivity contribution in [2.75, 3.05) is 6.54 Å². The zero-order valence-electron chi connectivity index (χ0n) is 11.6. The summed E-state index contributed by atoms with van der Waals surface area (Å²) in [5.74, 6) is -0.603. The zero-order chi connectivity index (χ0) is 15.0. The number of carbonyl (C=O) groups excluding carboxylic acids is 1. The second-order valence-electron chi connectivity index (χ2n) is 5.82. The minimum absolute atomic E-state index is 0.198. The van der Waals surface area contributed by atoms with Crippen LogP contribution in [0.2, 0.25) is 0 Å². The number of hydrogen-bond donors (Lipinski definition) is 0. The van der Waals surface area contributed by atoms with E-state index in [4.69, 9.17) is 0 Å². The largest absolute Gasteiger partial charge is 0.335 e. The summed E-state index contributed by atoms with van der Waals surface area (Å²) in [5.41, 5.74) is -0.396. The number of rotatable bonds is 2. The molecule has 0 N–H and O–H groups in total. The van der Waals surface area contributed by atoms with Crippen LogP contribution in [0.5, 0.6) is 0 Å². The fourth-order valence-electron chi connectivity index (χ4n) is 3.61. The number of fused-ring (bicyclic) bond motifs is 1. The Balaban J connectivity index is 1.82. The van der Waals surface area contributed by atoms with Crippen LogP contribution < -0.4 is 0 Å². The first-order valence-electron chi connectivity index (χ1n) is 7.33. The molecule has 1 aromatic carbocycles. The van der Waals surface area contributed by atoms with Crippen molar-refractivity contribution < 1.29 is 14.1 Å². The van der Waals surface area contributed by atoms with Crippen molar-refractivity contribution in [3.8, 4) is 0 Å². The molecule has 1 amide bonds. The molecule has 3 rings (SSSR count). The van der Waals surface area contributed by atoms with Gasteiger partial charge in [0.15, 0.2) is 0 Å². The predicted octanol–water partition coefficient (Wildman–Crippen LogP) is 3.14. The molecule has 2 unspecified atom stereocenters. The minimum atomic E-state index is -0.953. The van der Waals surface area contributed by atoms with Crippen LogP contribution in [-0.4, -0.2) is 28.3 Å². The average molecular weight is 292 g/mol. The van der Waals surface area contributed by atoms with E-state index < -0.39 is 16.4 Å². The van der Waals surface area contributed by atoms with E-state index in [1.165, 1.54) is 12.5 Å². The summed E-state index contributed by atoms with van der Waals surface area (Å²) in [6.07, 6.45) is 5.51. The van der Waals surface area contributed by atoms with Gasteiger partial charge in [0.2, 0.25) is 5.82 Å². The second-order valence-corrected chi connectivity index (χ2v) is 5.82. The lowest BCUT2D eigenvalue weighted by Gasteiger charge is -2.31. The smallest absolute Gasteiger partial charge is 0.304 e. The Bertz CT molecular complexity index is 590. The number of nitro groups is 1. The molecule has 0 radical (unpaired) electrons. The zero-order valence-corrected chi connectivity index (χ0v) is 11.6. The lowest BCUT2D eigenvalue weighted by Crippen LogP contribution is -2.39. The van der Waals surface area contributed by atoms with Gasteiger partial charge in [-0.2, -0.15) is 4.39 Å². The standard InChI is InChI=1S/C15H17FN2O3/c16-12-9-11(5-6-14(12)18(20)21)15(19)17-8-7-10-3-1-2-4-13(10)17/h5-6,9-10,13H,1-4,7-8H2. The van der Waals surface area contributed by atoms with Gasteiger partial charge in [-0.1, -0.05) is 12.8 Å². The number of halogens is 1. The van der Waals surface area contributed by atoms with Gasteiger partial charge in [0.1, 0.15) is 0 Å². The first-order chi connectivity index (χ1) is 10.1. The first kappa shape index (κ1) is 14.0. The Labute approximate surface area is 121 Å². The monoisotopic (exact) mass is 292 g/mol. The molecule has 1 heterocycles. The third-order valence-electron chi connectivity index (χ3n) is 4.66. The fourth-order valence-corrected chi connectivity index (χ4v) is 3.61. The van der Waals surface area contributed by atoms with Crippen LogP contribution in [0.3, 0.4) is 0 Å². The maximum Gasteiger partial charge on any atom is 0.304 e. The van der Waals surface area contributed by atoms with Gasteiger partial charge in [0.25, 0.3) is 5.91 Å². The van der Waals surface area contributed by atoms with E-state index >= 15 is 0 Å². The molecule has 1 aliphatic carbocycles. The van der Waals surface area contributed by atoms with Gasteiger partial charge in [-0.25, -0.2) is 0 Å². The van der Waals surface area contributed by atoms with Crippen molar-refractivity contribution in [2.45, 2.75) is 38.1 Å². The quantitative estimate of drug-likeness (QED) is 0.621. The highest BCUT2D eigenvalue weighted by Crippen LogP contribution is 2.37. The number of nitrogens with zero attached hydrogens (tertiary/aromatic N) is 2. The van der Waals surface area contributed by atoms with Crippen molar-refractivity contribution in [1.29, 1.82) is 0 Å².